The summed E-state index contributed by atoms with van der Waals surface area (Å²) in [4.78, 5) is 13.3. The van der Waals surface area contributed by atoms with E-state index in [1.165, 1.54) is 0 Å². The maximum atomic E-state index is 11.6. The van der Waals surface area contributed by atoms with Crippen molar-refractivity contribution in [3.63, 3.8) is 0 Å². The topological polar surface area (TPSA) is 96.9 Å². The molecule has 2 aliphatic rings. The van der Waals surface area contributed by atoms with Gasteiger partial charge in [-0.3, -0.25) is 4.98 Å². The van der Waals surface area contributed by atoms with Crippen molar-refractivity contribution in [1.82, 2.24) is 20.3 Å². The highest BCUT2D eigenvalue weighted by Gasteiger charge is 2.28. The van der Waals surface area contributed by atoms with Crippen LogP contribution in [0.5, 0.6) is 0 Å². The molecule has 4 rings (SSSR count). The number of hydrogen-bond acceptors (Lipinski definition) is 7. The minimum absolute atomic E-state index is 0.152. The summed E-state index contributed by atoms with van der Waals surface area (Å²) in [5.41, 5.74) is 3.00. The average Bonchev–Trinajstić information content (AvgIpc) is 3.19. The average molecular weight is 345 g/mol. The summed E-state index contributed by atoms with van der Waals surface area (Å²) >= 11 is 0. The molecule has 0 saturated carbocycles. The van der Waals surface area contributed by atoms with Crippen LogP contribution in [0.3, 0.4) is 0 Å². The van der Waals surface area contributed by atoms with Crippen molar-refractivity contribution in [2.75, 3.05) is 23.4 Å². The zero-order valence-corrected chi connectivity index (χ0v) is 14.0. The molecule has 1 saturated heterocycles. The Bertz CT molecular complexity index is 854. The van der Waals surface area contributed by atoms with Crippen LogP contribution in [0.1, 0.15) is 17.7 Å². The van der Waals surface area contributed by atoms with Crippen LogP contribution in [0.15, 0.2) is 24.5 Å². The summed E-state index contributed by atoms with van der Waals surface area (Å²) in [7, 11) is -2.85. The number of anilines is 1. The third-order valence-electron chi connectivity index (χ3n) is 4.51. The van der Waals surface area contributed by atoms with Crippen LogP contribution in [0.25, 0.3) is 11.4 Å². The van der Waals surface area contributed by atoms with E-state index in [0.717, 1.165) is 42.1 Å². The van der Waals surface area contributed by atoms with Gasteiger partial charge in [-0.1, -0.05) is 0 Å². The number of hydrogen-bond donors (Lipinski definition) is 2. The fourth-order valence-electron chi connectivity index (χ4n) is 3.22. The van der Waals surface area contributed by atoms with E-state index in [-0.39, 0.29) is 11.7 Å². The molecule has 0 aromatic carbocycles. The molecule has 1 atom stereocenters. The Labute approximate surface area is 140 Å². The van der Waals surface area contributed by atoms with Crippen molar-refractivity contribution in [2.24, 2.45) is 5.92 Å². The SMILES string of the molecule is O=S1(=O)CCC(CNc2nc(-c3ccncc3)nc3c2CNC3)C1. The molecule has 2 aromatic rings. The van der Waals surface area contributed by atoms with Gasteiger partial charge in [0.05, 0.1) is 17.2 Å². The van der Waals surface area contributed by atoms with Crippen LogP contribution in [-0.2, 0) is 22.9 Å². The molecule has 2 aliphatic heterocycles. The number of nitrogens with zero attached hydrogens (tertiary/aromatic N) is 3. The molecule has 4 heterocycles. The molecule has 1 unspecified atom stereocenters. The Kier molecular flexibility index (Phi) is 3.93. The standard InChI is InChI=1S/C16H19N5O2S/c22-24(23)6-3-11(10-24)7-19-16-13-8-18-9-14(13)20-15(21-16)12-1-4-17-5-2-12/h1-2,4-5,11,18H,3,6-10H2,(H,19,20,21). The van der Waals surface area contributed by atoms with E-state index in [9.17, 15) is 8.42 Å². The highest BCUT2D eigenvalue weighted by atomic mass is 32.2. The predicted molar refractivity (Wildman–Crippen MR) is 91.1 cm³/mol. The van der Waals surface area contributed by atoms with Gasteiger partial charge in [0.1, 0.15) is 5.82 Å². The second-order valence-electron chi connectivity index (χ2n) is 6.31. The Morgan fingerprint density at radius 1 is 1.21 bits per heavy atom. The lowest BCUT2D eigenvalue weighted by molar-refractivity contribution is 0.595. The van der Waals surface area contributed by atoms with Crippen LogP contribution in [0.2, 0.25) is 0 Å². The van der Waals surface area contributed by atoms with Gasteiger partial charge in [0.15, 0.2) is 15.7 Å². The van der Waals surface area contributed by atoms with Gasteiger partial charge in [-0.05, 0) is 24.5 Å². The molecule has 2 aromatic heterocycles. The van der Waals surface area contributed by atoms with Crippen LogP contribution < -0.4 is 10.6 Å². The Hall–Kier alpha value is -2.06. The van der Waals surface area contributed by atoms with Crippen molar-refractivity contribution in [2.45, 2.75) is 19.5 Å². The lowest BCUT2D eigenvalue weighted by Crippen LogP contribution is -2.18. The minimum atomic E-state index is -2.85. The lowest BCUT2D eigenvalue weighted by atomic mass is 10.1. The first kappa shape index (κ1) is 15.5. The van der Waals surface area contributed by atoms with Crippen molar-refractivity contribution in [3.8, 4) is 11.4 Å². The molecule has 0 radical (unpaired) electrons. The summed E-state index contributed by atoms with van der Waals surface area (Å²) in [6.07, 6.45) is 4.17. The molecular formula is C16H19N5O2S. The number of aromatic nitrogens is 3. The lowest BCUT2D eigenvalue weighted by Gasteiger charge is -2.14. The van der Waals surface area contributed by atoms with E-state index in [2.05, 4.69) is 25.6 Å². The van der Waals surface area contributed by atoms with E-state index >= 15 is 0 Å². The zero-order chi connectivity index (χ0) is 16.6. The quantitative estimate of drug-likeness (QED) is 0.853. The monoisotopic (exact) mass is 345 g/mol. The largest absolute Gasteiger partial charge is 0.369 e. The second kappa shape index (κ2) is 6.10. The summed E-state index contributed by atoms with van der Waals surface area (Å²) in [5, 5.41) is 6.66. The summed E-state index contributed by atoms with van der Waals surface area (Å²) in [6.45, 7) is 2.08. The van der Waals surface area contributed by atoms with Crippen LogP contribution in [-0.4, -0.2) is 41.4 Å². The summed E-state index contributed by atoms with van der Waals surface area (Å²) in [6, 6.07) is 3.77. The zero-order valence-electron chi connectivity index (χ0n) is 13.2. The van der Waals surface area contributed by atoms with E-state index in [0.29, 0.717) is 18.1 Å². The molecule has 126 valence electrons. The molecule has 24 heavy (non-hydrogen) atoms. The van der Waals surface area contributed by atoms with Gasteiger partial charge < -0.3 is 10.6 Å². The molecule has 8 heteroatoms. The van der Waals surface area contributed by atoms with Crippen molar-refractivity contribution >= 4 is 15.7 Å². The maximum Gasteiger partial charge on any atom is 0.161 e. The molecule has 0 amide bonds. The van der Waals surface area contributed by atoms with E-state index in [1.54, 1.807) is 12.4 Å². The Morgan fingerprint density at radius 2 is 2.04 bits per heavy atom. The number of nitrogens with one attached hydrogen (secondary N) is 2. The second-order valence-corrected chi connectivity index (χ2v) is 8.54. The third-order valence-corrected chi connectivity index (χ3v) is 6.35. The molecular weight excluding hydrogens is 326 g/mol. The van der Waals surface area contributed by atoms with Crippen molar-refractivity contribution in [3.05, 3.63) is 35.8 Å². The molecule has 7 nitrogen and oxygen atoms in total. The van der Waals surface area contributed by atoms with Gasteiger partial charge in [-0.15, -0.1) is 0 Å². The molecule has 2 N–H and O–H groups in total. The smallest absolute Gasteiger partial charge is 0.161 e. The van der Waals surface area contributed by atoms with Gasteiger partial charge >= 0.3 is 0 Å². The third kappa shape index (κ3) is 3.11. The summed E-state index contributed by atoms with van der Waals surface area (Å²) < 4.78 is 23.2. The fraction of sp³-hybridized carbons (Fsp3) is 0.438. The van der Waals surface area contributed by atoms with Crippen molar-refractivity contribution < 1.29 is 8.42 Å². The number of fused-ring (bicyclic) bond motifs is 1. The Balaban J connectivity index is 1.59. The predicted octanol–water partition coefficient (Wildman–Crippen LogP) is 0.988. The normalized spacial score (nSPS) is 21.6. The van der Waals surface area contributed by atoms with Gasteiger partial charge in [0.25, 0.3) is 0 Å². The van der Waals surface area contributed by atoms with Crippen LogP contribution in [0, 0.1) is 5.92 Å². The number of pyridine rings is 1. The van der Waals surface area contributed by atoms with Crippen LogP contribution >= 0.6 is 0 Å². The first-order chi connectivity index (χ1) is 11.6. The first-order valence-electron chi connectivity index (χ1n) is 8.06. The number of sulfone groups is 1. The minimum Gasteiger partial charge on any atom is -0.369 e. The van der Waals surface area contributed by atoms with E-state index in [1.807, 2.05) is 12.1 Å². The van der Waals surface area contributed by atoms with Gasteiger partial charge in [-0.2, -0.15) is 0 Å². The maximum absolute atomic E-state index is 11.6. The van der Waals surface area contributed by atoms with E-state index in [4.69, 9.17) is 0 Å². The van der Waals surface area contributed by atoms with Gasteiger partial charge in [0.2, 0.25) is 0 Å². The van der Waals surface area contributed by atoms with Gasteiger partial charge in [-0.25, -0.2) is 18.4 Å². The van der Waals surface area contributed by atoms with Gasteiger partial charge in [0, 0.05) is 43.2 Å². The Morgan fingerprint density at radius 3 is 2.79 bits per heavy atom. The molecule has 1 fully saturated rings. The van der Waals surface area contributed by atoms with Crippen LogP contribution in [0.4, 0.5) is 5.82 Å². The molecule has 0 aliphatic carbocycles. The fourth-order valence-corrected chi connectivity index (χ4v) is 5.08. The van der Waals surface area contributed by atoms with Crippen molar-refractivity contribution in [1.29, 1.82) is 0 Å². The highest BCUT2D eigenvalue weighted by molar-refractivity contribution is 7.91. The van der Waals surface area contributed by atoms with E-state index < -0.39 is 9.84 Å². The summed E-state index contributed by atoms with van der Waals surface area (Å²) in [5.74, 6) is 2.19. The highest BCUT2D eigenvalue weighted by Crippen LogP contribution is 2.26. The molecule has 0 bridgehead atoms. The first-order valence-corrected chi connectivity index (χ1v) is 9.88. The number of rotatable bonds is 4. The molecule has 0 spiro atoms.